The van der Waals surface area contributed by atoms with Crippen LogP contribution in [0, 0.1) is 6.92 Å². The Morgan fingerprint density at radius 2 is 1.78 bits per heavy atom. The number of aryl methyl sites for hydroxylation is 1. The summed E-state index contributed by atoms with van der Waals surface area (Å²) in [5, 5.41) is 0. The molecule has 2 aromatic rings. The maximum absolute atomic E-state index is 5.64. The number of aromatic nitrogens is 2. The summed E-state index contributed by atoms with van der Waals surface area (Å²) >= 11 is 0. The topological polar surface area (TPSA) is 54.7 Å². The monoisotopic (exact) mass is 243 g/mol. The summed E-state index contributed by atoms with van der Waals surface area (Å²) in [7, 11) is 0. The summed E-state index contributed by atoms with van der Waals surface area (Å²) in [4.78, 5) is 7.79. The lowest BCUT2D eigenvalue weighted by atomic mass is 9.87. The van der Waals surface area contributed by atoms with E-state index in [-0.39, 0.29) is 5.41 Å². The molecule has 3 nitrogen and oxygen atoms in total. The first kappa shape index (κ1) is 12.8. The van der Waals surface area contributed by atoms with Gasteiger partial charge in [-0.05, 0) is 17.9 Å². The molecule has 96 valence electrons. The van der Waals surface area contributed by atoms with E-state index in [1.165, 1.54) is 5.56 Å². The molecule has 0 saturated heterocycles. The van der Waals surface area contributed by atoms with Crippen LogP contribution in [0.1, 0.15) is 37.7 Å². The lowest BCUT2D eigenvalue weighted by Gasteiger charge is -2.18. The van der Waals surface area contributed by atoms with Crippen molar-refractivity contribution in [3.05, 3.63) is 41.2 Å². The quantitative estimate of drug-likeness (QED) is 0.851. The minimum absolute atomic E-state index is 0.181. The number of rotatable bonds is 2. The molecule has 2 rings (SSSR count). The minimum atomic E-state index is 0.181. The molecule has 0 aliphatic rings. The Kier molecular flexibility index (Phi) is 3.26. The van der Waals surface area contributed by atoms with Gasteiger partial charge in [0.15, 0.2) is 0 Å². The lowest BCUT2D eigenvalue weighted by Crippen LogP contribution is -2.10. The molecule has 1 heterocycles. The molecular formula is C15H21N3. The van der Waals surface area contributed by atoms with Crippen LogP contribution < -0.4 is 5.73 Å². The summed E-state index contributed by atoms with van der Waals surface area (Å²) in [5.74, 6) is 0.897. The van der Waals surface area contributed by atoms with Crippen molar-refractivity contribution in [3.8, 4) is 11.4 Å². The van der Waals surface area contributed by atoms with Gasteiger partial charge in [-0.3, -0.25) is 0 Å². The van der Waals surface area contributed by atoms with Gasteiger partial charge in [-0.25, -0.2) is 4.98 Å². The van der Waals surface area contributed by atoms with Gasteiger partial charge in [-0.2, -0.15) is 0 Å². The highest BCUT2D eigenvalue weighted by molar-refractivity contribution is 5.56. The molecule has 0 fully saturated rings. The zero-order valence-corrected chi connectivity index (χ0v) is 11.5. The third-order valence-corrected chi connectivity index (χ3v) is 3.20. The van der Waals surface area contributed by atoms with Gasteiger partial charge in [0.1, 0.15) is 5.82 Å². The largest absolute Gasteiger partial charge is 0.342 e. The highest BCUT2D eigenvalue weighted by Crippen LogP contribution is 2.25. The van der Waals surface area contributed by atoms with Crippen LogP contribution in [0.15, 0.2) is 24.3 Å². The first-order chi connectivity index (χ1) is 8.41. The molecular weight excluding hydrogens is 222 g/mol. The highest BCUT2D eigenvalue weighted by atomic mass is 14.9. The van der Waals surface area contributed by atoms with Gasteiger partial charge in [0.25, 0.3) is 0 Å². The Labute approximate surface area is 108 Å². The van der Waals surface area contributed by atoms with Crippen molar-refractivity contribution in [2.24, 2.45) is 5.73 Å². The average molecular weight is 243 g/mol. The molecule has 0 saturated carbocycles. The Balaban J connectivity index is 2.34. The molecule has 3 N–H and O–H groups in total. The molecule has 0 unspecified atom stereocenters. The zero-order chi connectivity index (χ0) is 13.3. The Bertz CT molecular complexity index is 530. The first-order valence-electron chi connectivity index (χ1n) is 6.28. The van der Waals surface area contributed by atoms with Crippen molar-refractivity contribution in [2.45, 2.75) is 39.7 Å². The summed E-state index contributed by atoms with van der Waals surface area (Å²) in [6.07, 6.45) is 0. The third kappa shape index (κ3) is 2.46. The number of aromatic amines is 1. The van der Waals surface area contributed by atoms with Gasteiger partial charge in [0.2, 0.25) is 0 Å². The van der Waals surface area contributed by atoms with Crippen LogP contribution in [0.25, 0.3) is 11.4 Å². The van der Waals surface area contributed by atoms with Crippen molar-refractivity contribution in [1.82, 2.24) is 9.97 Å². The number of benzene rings is 1. The predicted molar refractivity (Wildman–Crippen MR) is 75.4 cm³/mol. The van der Waals surface area contributed by atoms with Gasteiger partial charge >= 0.3 is 0 Å². The number of imidazole rings is 1. The highest BCUT2D eigenvalue weighted by Gasteiger charge is 2.14. The smallest absolute Gasteiger partial charge is 0.137 e. The second-order valence-corrected chi connectivity index (χ2v) is 5.69. The van der Waals surface area contributed by atoms with Gasteiger partial charge in [-0.15, -0.1) is 0 Å². The van der Waals surface area contributed by atoms with Crippen LogP contribution >= 0.6 is 0 Å². The Hall–Kier alpha value is -1.61. The van der Waals surface area contributed by atoms with Gasteiger partial charge in [0.05, 0.1) is 5.69 Å². The van der Waals surface area contributed by atoms with Crippen LogP contribution in [0.4, 0.5) is 0 Å². The maximum Gasteiger partial charge on any atom is 0.137 e. The molecule has 0 atom stereocenters. The van der Waals surface area contributed by atoms with Crippen LogP contribution in [0.5, 0.6) is 0 Å². The molecule has 0 radical (unpaired) electrons. The Morgan fingerprint density at radius 3 is 2.22 bits per heavy atom. The summed E-state index contributed by atoms with van der Waals surface area (Å²) < 4.78 is 0. The van der Waals surface area contributed by atoms with E-state index >= 15 is 0 Å². The van der Waals surface area contributed by atoms with Crippen molar-refractivity contribution in [1.29, 1.82) is 0 Å². The second-order valence-electron chi connectivity index (χ2n) is 5.69. The predicted octanol–water partition coefficient (Wildman–Crippen LogP) is 3.14. The number of nitrogens with one attached hydrogen (secondary N) is 1. The standard InChI is InChI=1S/C15H21N3/c1-10-13(9-16)18-14(17-10)11-5-7-12(8-6-11)15(2,3)4/h5-8H,9,16H2,1-4H3,(H,17,18). The normalized spacial score (nSPS) is 11.8. The second kappa shape index (κ2) is 4.58. The van der Waals surface area contributed by atoms with Crippen molar-refractivity contribution < 1.29 is 0 Å². The molecule has 3 heteroatoms. The lowest BCUT2D eigenvalue weighted by molar-refractivity contribution is 0.590. The minimum Gasteiger partial charge on any atom is -0.342 e. The summed E-state index contributed by atoms with van der Waals surface area (Å²) in [6, 6.07) is 8.54. The SMILES string of the molecule is Cc1[nH]c(-c2ccc(C(C)(C)C)cc2)nc1CN. The first-order valence-corrected chi connectivity index (χ1v) is 6.28. The average Bonchev–Trinajstić information content (AvgIpc) is 2.69. The number of hydrogen-bond donors (Lipinski definition) is 2. The van der Waals surface area contributed by atoms with E-state index in [0.717, 1.165) is 22.8 Å². The van der Waals surface area contributed by atoms with E-state index in [0.29, 0.717) is 6.54 Å². The number of nitrogens with zero attached hydrogens (tertiary/aromatic N) is 1. The molecule has 18 heavy (non-hydrogen) atoms. The third-order valence-electron chi connectivity index (χ3n) is 3.20. The molecule has 0 aliphatic heterocycles. The summed E-state index contributed by atoms with van der Waals surface area (Å²) in [6.45, 7) is 9.12. The van der Waals surface area contributed by atoms with E-state index in [1.54, 1.807) is 0 Å². The fourth-order valence-corrected chi connectivity index (χ4v) is 1.96. The molecule has 0 bridgehead atoms. The van der Waals surface area contributed by atoms with Gasteiger partial charge < -0.3 is 10.7 Å². The number of hydrogen-bond acceptors (Lipinski definition) is 2. The van der Waals surface area contributed by atoms with Crippen LogP contribution in [0.3, 0.4) is 0 Å². The van der Waals surface area contributed by atoms with E-state index in [1.807, 2.05) is 6.92 Å². The van der Waals surface area contributed by atoms with E-state index < -0.39 is 0 Å². The van der Waals surface area contributed by atoms with Gasteiger partial charge in [0, 0.05) is 17.8 Å². The van der Waals surface area contributed by atoms with E-state index in [9.17, 15) is 0 Å². The summed E-state index contributed by atoms with van der Waals surface area (Å²) in [5.41, 5.74) is 10.2. The van der Waals surface area contributed by atoms with Crippen LogP contribution in [-0.4, -0.2) is 9.97 Å². The van der Waals surface area contributed by atoms with Gasteiger partial charge in [-0.1, -0.05) is 45.0 Å². The van der Waals surface area contributed by atoms with Crippen LogP contribution in [-0.2, 0) is 12.0 Å². The van der Waals surface area contributed by atoms with Crippen molar-refractivity contribution in [3.63, 3.8) is 0 Å². The number of nitrogens with two attached hydrogens (primary N) is 1. The zero-order valence-electron chi connectivity index (χ0n) is 11.5. The fourth-order valence-electron chi connectivity index (χ4n) is 1.96. The van der Waals surface area contributed by atoms with E-state index in [4.69, 9.17) is 5.73 Å². The molecule has 1 aromatic heterocycles. The Morgan fingerprint density at radius 1 is 1.17 bits per heavy atom. The van der Waals surface area contributed by atoms with Crippen LogP contribution in [0.2, 0.25) is 0 Å². The van der Waals surface area contributed by atoms with E-state index in [2.05, 4.69) is 55.0 Å². The van der Waals surface area contributed by atoms with Crippen molar-refractivity contribution in [2.75, 3.05) is 0 Å². The number of H-pyrrole nitrogens is 1. The van der Waals surface area contributed by atoms with Crippen molar-refractivity contribution >= 4 is 0 Å². The fraction of sp³-hybridized carbons (Fsp3) is 0.400. The molecule has 0 aliphatic carbocycles. The molecule has 1 aromatic carbocycles. The maximum atomic E-state index is 5.64. The molecule has 0 spiro atoms. The molecule has 0 amide bonds.